The lowest BCUT2D eigenvalue weighted by atomic mass is 10.5. The van der Waals surface area contributed by atoms with Crippen LogP contribution in [0.15, 0.2) is 0 Å². The fourth-order valence-corrected chi connectivity index (χ4v) is 0.658. The van der Waals surface area contributed by atoms with Gasteiger partial charge < -0.3 is 14.5 Å². The minimum atomic E-state index is -1.48. The van der Waals surface area contributed by atoms with E-state index in [2.05, 4.69) is 15.4 Å². The molecule has 0 aromatic rings. The first-order valence-electron chi connectivity index (χ1n) is 2.00. The van der Waals surface area contributed by atoms with Crippen LogP contribution in [-0.4, -0.2) is 6.61 Å². The van der Waals surface area contributed by atoms with Crippen LogP contribution in [0.5, 0.6) is 0 Å². The summed E-state index contributed by atoms with van der Waals surface area (Å²) in [6, 6.07) is 0. The van der Waals surface area contributed by atoms with Crippen LogP contribution in [0, 0.1) is 0 Å². The summed E-state index contributed by atoms with van der Waals surface area (Å²) in [5, 5.41) is 0. The summed E-state index contributed by atoms with van der Waals surface area (Å²) >= 11 is 4.19. The maximum absolute atomic E-state index is 9.91. The Morgan fingerprint density at radius 3 is 2.38 bits per heavy atom. The average Bonchev–Trinajstić information content (AvgIpc) is 1.61. The lowest BCUT2D eigenvalue weighted by Crippen LogP contribution is -1.85. The third-order valence-corrected chi connectivity index (χ3v) is 1.03. The van der Waals surface area contributed by atoms with Crippen LogP contribution in [0.3, 0.4) is 0 Å². The first kappa shape index (κ1) is 11.1. The summed E-state index contributed by atoms with van der Waals surface area (Å²) in [5.74, 6) is 0. The summed E-state index contributed by atoms with van der Waals surface area (Å²) in [4.78, 5) is 0. The minimum absolute atomic E-state index is 0. The quantitative estimate of drug-likeness (QED) is 0.617. The highest BCUT2D eigenvalue weighted by molar-refractivity contribution is 8.19. The third kappa shape index (κ3) is 9.56. The molecule has 0 aliphatic carbocycles. The highest BCUT2D eigenvalue weighted by atomic mass is 32.8. The SMILES string of the molecule is CCCO[S-](=O)=S.N. The fourth-order valence-electron chi connectivity index (χ4n) is 0.151. The Hall–Kier alpha value is 0.290. The standard InChI is InChI=1S/C3H7O2S2.H3N/c1-2-3-5-7(4)6;/h2-3H2,1H3;1H3/q-1;. The van der Waals surface area contributed by atoms with E-state index in [-0.39, 0.29) is 6.15 Å². The van der Waals surface area contributed by atoms with Gasteiger partial charge in [0.05, 0.1) is 0 Å². The molecule has 0 spiro atoms. The Balaban J connectivity index is 0. The van der Waals surface area contributed by atoms with Crippen LogP contribution < -0.4 is 6.15 Å². The van der Waals surface area contributed by atoms with Crippen molar-refractivity contribution in [1.82, 2.24) is 6.15 Å². The molecule has 0 aliphatic heterocycles. The van der Waals surface area contributed by atoms with Crippen molar-refractivity contribution < 1.29 is 8.39 Å². The van der Waals surface area contributed by atoms with Crippen molar-refractivity contribution in [2.45, 2.75) is 13.3 Å². The van der Waals surface area contributed by atoms with Gasteiger partial charge in [-0.05, 0) is 6.42 Å². The van der Waals surface area contributed by atoms with Gasteiger partial charge in [-0.2, -0.15) is 0 Å². The molecule has 0 heterocycles. The molecule has 0 aromatic heterocycles. The van der Waals surface area contributed by atoms with Crippen LogP contribution in [0.2, 0.25) is 0 Å². The minimum Gasteiger partial charge on any atom is -0.444 e. The van der Waals surface area contributed by atoms with Crippen molar-refractivity contribution in [3.05, 3.63) is 0 Å². The van der Waals surface area contributed by atoms with Gasteiger partial charge in [0, 0.05) is 6.61 Å². The molecule has 0 saturated carbocycles. The molecule has 0 saturated heterocycles. The van der Waals surface area contributed by atoms with Crippen LogP contribution >= 0.6 is 0 Å². The van der Waals surface area contributed by atoms with Gasteiger partial charge in [0.2, 0.25) is 0 Å². The molecule has 8 heavy (non-hydrogen) atoms. The molecular formula is C3H10NO2S2-. The number of hydrogen-bond donors (Lipinski definition) is 1. The Morgan fingerprint density at radius 1 is 1.75 bits per heavy atom. The van der Waals surface area contributed by atoms with Crippen molar-refractivity contribution in [3.63, 3.8) is 0 Å². The van der Waals surface area contributed by atoms with Gasteiger partial charge in [-0.15, -0.1) is 0 Å². The molecule has 3 N–H and O–H groups in total. The largest absolute Gasteiger partial charge is 0.444 e. The van der Waals surface area contributed by atoms with Crippen LogP contribution in [0.4, 0.5) is 0 Å². The zero-order valence-corrected chi connectivity index (χ0v) is 6.39. The molecule has 0 amide bonds. The van der Waals surface area contributed by atoms with Crippen LogP contribution in [0.1, 0.15) is 13.3 Å². The summed E-state index contributed by atoms with van der Waals surface area (Å²) in [6.45, 7) is 2.43. The maximum Gasteiger partial charge on any atom is 0.0254 e. The van der Waals surface area contributed by atoms with E-state index in [1.807, 2.05) is 6.92 Å². The molecular weight excluding hydrogens is 146 g/mol. The van der Waals surface area contributed by atoms with Crippen molar-refractivity contribution in [3.8, 4) is 0 Å². The Kier molecular flexibility index (Phi) is 10.1. The zero-order chi connectivity index (χ0) is 5.70. The van der Waals surface area contributed by atoms with E-state index >= 15 is 0 Å². The fraction of sp³-hybridized carbons (Fsp3) is 1.00. The Labute approximate surface area is 55.9 Å². The molecule has 0 fully saturated rings. The van der Waals surface area contributed by atoms with Crippen LogP contribution in [-0.2, 0) is 29.2 Å². The van der Waals surface area contributed by atoms with Gasteiger partial charge in [0.1, 0.15) is 0 Å². The predicted octanol–water partition coefficient (Wildman–Crippen LogP) is 0.916. The first-order chi connectivity index (χ1) is 3.27. The summed E-state index contributed by atoms with van der Waals surface area (Å²) in [6.07, 6.45) is 0.863. The molecule has 0 aliphatic rings. The molecule has 3 nitrogen and oxygen atoms in total. The van der Waals surface area contributed by atoms with E-state index in [1.54, 1.807) is 0 Å². The molecule has 0 aromatic carbocycles. The second-order valence-corrected chi connectivity index (χ2v) is 2.49. The van der Waals surface area contributed by atoms with Crippen molar-refractivity contribution >= 4 is 20.8 Å². The van der Waals surface area contributed by atoms with Gasteiger partial charge >= 0.3 is 0 Å². The van der Waals surface area contributed by atoms with Gasteiger partial charge in [0.25, 0.3) is 0 Å². The van der Waals surface area contributed by atoms with Gasteiger partial charge in [-0.1, -0.05) is 16.6 Å². The van der Waals surface area contributed by atoms with E-state index in [0.717, 1.165) is 6.42 Å². The smallest absolute Gasteiger partial charge is 0.0254 e. The lowest BCUT2D eigenvalue weighted by Gasteiger charge is -1.98. The molecule has 0 rings (SSSR count). The highest BCUT2D eigenvalue weighted by Crippen LogP contribution is 1.77. The molecule has 52 valence electrons. The third-order valence-electron chi connectivity index (χ3n) is 0.384. The Bertz CT molecular complexity index is 93.5. The number of rotatable bonds is 3. The van der Waals surface area contributed by atoms with Crippen molar-refractivity contribution in [2.75, 3.05) is 6.61 Å². The summed E-state index contributed by atoms with van der Waals surface area (Å²) in [7, 11) is -1.48. The molecule has 0 unspecified atom stereocenters. The second kappa shape index (κ2) is 7.29. The van der Waals surface area contributed by atoms with E-state index in [1.165, 1.54) is 0 Å². The molecule has 0 radical (unpaired) electrons. The number of hydrogen-bond acceptors (Lipinski definition) is 5. The first-order valence-corrected chi connectivity index (χ1v) is 4.00. The summed E-state index contributed by atoms with van der Waals surface area (Å²) in [5.41, 5.74) is 0. The van der Waals surface area contributed by atoms with Crippen molar-refractivity contribution in [2.24, 2.45) is 0 Å². The predicted molar refractivity (Wildman–Crippen MR) is 36.7 cm³/mol. The summed E-state index contributed by atoms with van der Waals surface area (Å²) < 4.78 is 14.4. The van der Waals surface area contributed by atoms with Gasteiger partial charge in [-0.25, -0.2) is 11.2 Å². The molecule has 0 bridgehead atoms. The van der Waals surface area contributed by atoms with Crippen LogP contribution in [0.25, 0.3) is 0 Å². The molecule has 5 heteroatoms. The normalized spacial score (nSPS) is 8.75. The van der Waals surface area contributed by atoms with Gasteiger partial charge in [0.15, 0.2) is 0 Å². The monoisotopic (exact) mass is 156 g/mol. The Morgan fingerprint density at radius 2 is 2.25 bits per heavy atom. The van der Waals surface area contributed by atoms with E-state index in [9.17, 15) is 4.21 Å². The maximum atomic E-state index is 9.91. The lowest BCUT2D eigenvalue weighted by molar-refractivity contribution is 0.350. The van der Waals surface area contributed by atoms with E-state index in [0.29, 0.717) is 6.61 Å². The van der Waals surface area contributed by atoms with E-state index in [4.69, 9.17) is 0 Å². The molecule has 0 atom stereocenters. The van der Waals surface area contributed by atoms with Crippen molar-refractivity contribution in [1.29, 1.82) is 0 Å². The topological polar surface area (TPSA) is 61.3 Å². The highest BCUT2D eigenvalue weighted by Gasteiger charge is 1.67. The zero-order valence-electron chi connectivity index (χ0n) is 4.75. The average molecular weight is 156 g/mol. The second-order valence-electron chi connectivity index (χ2n) is 1.03. The van der Waals surface area contributed by atoms with E-state index < -0.39 is 9.64 Å². The van der Waals surface area contributed by atoms with Gasteiger partial charge in [-0.3, -0.25) is 0 Å².